The van der Waals surface area contributed by atoms with Crippen molar-refractivity contribution >= 4 is 47.5 Å². The molecule has 0 spiro atoms. The molecular formula is H6MgSScSi. The molecule has 0 rings (SSSR count). The smallest absolute Gasteiger partial charge is 0 e. The second kappa shape index (κ2) is 18.9. The molecule has 21 valence electrons. The van der Waals surface area contributed by atoms with Gasteiger partial charge < -0.3 is 13.5 Å². The third kappa shape index (κ3) is 8.88. The van der Waals surface area contributed by atoms with Crippen LogP contribution in [0.1, 0.15) is 0 Å². The van der Waals surface area contributed by atoms with Gasteiger partial charge in [-0.3, -0.25) is 0 Å². The summed E-state index contributed by atoms with van der Waals surface area (Å²) in [5, 5.41) is 0. The normalized spacial score (nSPS) is 0. The molecule has 0 aromatic heterocycles. The molecule has 0 bridgehead atoms. The van der Waals surface area contributed by atoms with E-state index in [4.69, 9.17) is 0 Å². The van der Waals surface area contributed by atoms with E-state index in [1.807, 2.05) is 0 Å². The molecule has 0 nitrogen and oxygen atoms in total. The van der Waals surface area contributed by atoms with E-state index in [0.717, 1.165) is 0 Å². The van der Waals surface area contributed by atoms with E-state index < -0.39 is 0 Å². The van der Waals surface area contributed by atoms with Crippen LogP contribution in [0.15, 0.2) is 0 Å². The average Bonchev–Trinajstić information content (AvgIpc) is 0. The van der Waals surface area contributed by atoms with Gasteiger partial charge in [-0.05, 0) is 11.0 Å². The monoisotopic (exact) mass is 135 g/mol. The number of thiol groups is 1. The molecule has 0 aliphatic carbocycles. The maximum atomic E-state index is 0. The van der Waals surface area contributed by atoms with Crippen LogP contribution in [0.5, 0.6) is 0 Å². The average molecular weight is 135 g/mol. The Morgan fingerprint density at radius 3 is 1.00 bits per heavy atom. The zero-order chi connectivity index (χ0) is 0. The molecule has 0 aromatic carbocycles. The first kappa shape index (κ1) is 34.6. The van der Waals surface area contributed by atoms with Crippen molar-refractivity contribution < 1.29 is 25.8 Å². The van der Waals surface area contributed by atoms with Gasteiger partial charge in [-0.2, -0.15) is 0 Å². The molecule has 4 heteroatoms. The molecule has 4 heavy (non-hydrogen) atoms. The fraction of sp³-hybridized carbons (Fsp3) is 0. The van der Waals surface area contributed by atoms with Gasteiger partial charge in [0.1, 0.15) is 0 Å². The van der Waals surface area contributed by atoms with Gasteiger partial charge in [0, 0.05) is 25.8 Å². The first-order valence-corrected chi connectivity index (χ1v) is 0. The fourth-order valence-electron chi connectivity index (χ4n) is 0. The fourth-order valence-corrected chi connectivity index (χ4v) is 0. The van der Waals surface area contributed by atoms with E-state index in [-0.39, 0.29) is 73.4 Å². The summed E-state index contributed by atoms with van der Waals surface area (Å²) < 4.78 is 0. The number of rotatable bonds is 0. The minimum Gasteiger partial charge on any atom is -0.813 e. The third-order valence-electron chi connectivity index (χ3n) is 0. The van der Waals surface area contributed by atoms with Gasteiger partial charge >= 0.3 is 23.1 Å². The summed E-state index contributed by atoms with van der Waals surface area (Å²) in [5.74, 6) is 0. The van der Waals surface area contributed by atoms with E-state index in [9.17, 15) is 0 Å². The van der Waals surface area contributed by atoms with Crippen LogP contribution in [0.3, 0.4) is 0 Å². The predicted molar refractivity (Wildman–Crippen MR) is 27.2 cm³/mol. The summed E-state index contributed by atoms with van der Waals surface area (Å²) in [5.41, 5.74) is 0. The molecule has 0 aromatic rings. The van der Waals surface area contributed by atoms with Crippen molar-refractivity contribution in [1.82, 2.24) is 0 Å². The van der Waals surface area contributed by atoms with Crippen molar-refractivity contribution in [3.63, 3.8) is 0 Å². The summed E-state index contributed by atoms with van der Waals surface area (Å²) in [4.78, 5) is 0. The molecule has 0 atom stereocenters. The van der Waals surface area contributed by atoms with Gasteiger partial charge in [0.05, 0.1) is 0 Å². The van der Waals surface area contributed by atoms with Crippen LogP contribution < -0.4 is 0 Å². The van der Waals surface area contributed by atoms with Crippen LogP contribution >= 0.6 is 0 Å². The predicted octanol–water partition coefficient (Wildman–Crippen LogP) is -2.37. The van der Waals surface area contributed by atoms with Crippen molar-refractivity contribution in [3.05, 3.63) is 0 Å². The van der Waals surface area contributed by atoms with Crippen molar-refractivity contribution in [2.45, 2.75) is 0 Å². The molecule has 0 fully saturated rings. The standard InChI is InChI=1S/Mg.H2S.Sc.H4Si.H/h;1H2;;1H4;/q+1;;;;/p-1. The van der Waals surface area contributed by atoms with E-state index in [1.165, 1.54) is 0 Å². The molecule has 0 unspecified atom stereocenters. The van der Waals surface area contributed by atoms with Gasteiger partial charge in [-0.15, -0.1) is 0 Å². The van der Waals surface area contributed by atoms with Gasteiger partial charge in [0.15, 0.2) is 0 Å². The van der Waals surface area contributed by atoms with E-state index in [2.05, 4.69) is 0 Å². The molecule has 0 aliphatic rings. The van der Waals surface area contributed by atoms with Gasteiger partial charge in [0.25, 0.3) is 0 Å². The second-order valence-electron chi connectivity index (χ2n) is 0. The molecule has 0 amide bonds. The zero-order valence-corrected chi connectivity index (χ0v) is 6.72. The van der Waals surface area contributed by atoms with Crippen LogP contribution in [0.2, 0.25) is 0 Å². The molecule has 0 heterocycles. The van der Waals surface area contributed by atoms with Gasteiger partial charge in [-0.1, -0.05) is 0 Å². The topological polar surface area (TPSA) is 0 Å². The van der Waals surface area contributed by atoms with E-state index >= 15 is 0 Å². The molecule has 0 aliphatic heterocycles. The first-order chi connectivity index (χ1) is 0. The van der Waals surface area contributed by atoms with Crippen molar-refractivity contribution in [2.24, 2.45) is 0 Å². The Morgan fingerprint density at radius 1 is 1.00 bits per heavy atom. The van der Waals surface area contributed by atoms with Crippen LogP contribution in [0.4, 0.5) is 0 Å². The van der Waals surface area contributed by atoms with Crippen molar-refractivity contribution in [1.29, 1.82) is 0 Å². The van der Waals surface area contributed by atoms with Crippen LogP contribution in [-0.2, 0) is 39.3 Å². The maximum absolute atomic E-state index is 0. The summed E-state index contributed by atoms with van der Waals surface area (Å²) in [6, 6.07) is 0. The van der Waals surface area contributed by atoms with E-state index in [0.29, 0.717) is 0 Å². The van der Waals surface area contributed by atoms with Crippen molar-refractivity contribution in [3.8, 4) is 0 Å². The molecule has 0 N–H and O–H groups in total. The zero-order valence-electron chi connectivity index (χ0n) is 2.02. The molecule has 0 saturated heterocycles. The minimum absolute atomic E-state index is 0. The molecule has 0 saturated carbocycles. The first-order valence-electron chi connectivity index (χ1n) is 0. The number of hydrogen-bond acceptors (Lipinski definition) is 1. The van der Waals surface area contributed by atoms with E-state index in [1.54, 1.807) is 0 Å². The quantitative estimate of drug-likeness (QED) is 0.203. The van der Waals surface area contributed by atoms with Gasteiger partial charge in [-0.25, -0.2) is 0 Å². The third-order valence-corrected chi connectivity index (χ3v) is 0. The summed E-state index contributed by atoms with van der Waals surface area (Å²) in [6.45, 7) is 0. The SMILES string of the molecule is [MgH+].[SH-].[Sc].[SiH4]. The summed E-state index contributed by atoms with van der Waals surface area (Å²) in [6.07, 6.45) is 0. The Morgan fingerprint density at radius 2 is 1.00 bits per heavy atom. The second-order valence-corrected chi connectivity index (χ2v) is 0. The van der Waals surface area contributed by atoms with Crippen LogP contribution in [0, 0.1) is 0 Å². The summed E-state index contributed by atoms with van der Waals surface area (Å²) in [7, 11) is 0. The minimum atomic E-state index is 0. The summed E-state index contributed by atoms with van der Waals surface area (Å²) >= 11 is 0. The number of hydrogen-bond donors (Lipinski definition) is 0. The van der Waals surface area contributed by atoms with Crippen LogP contribution in [0.25, 0.3) is 0 Å². The Balaban J connectivity index is 0. The van der Waals surface area contributed by atoms with Crippen LogP contribution in [-0.4, -0.2) is 34.0 Å². The Labute approximate surface area is 72.5 Å². The Kier molecular flexibility index (Phi) is 164. The largest absolute Gasteiger partial charge is 0.813 e. The molecule has 1 radical (unpaired) electrons. The van der Waals surface area contributed by atoms with Gasteiger partial charge in [0.2, 0.25) is 0 Å². The Bertz CT molecular complexity index is 8.00. The molecular weight excluding hydrogens is 129 g/mol. The van der Waals surface area contributed by atoms with Crippen molar-refractivity contribution in [2.75, 3.05) is 0 Å². The maximum Gasteiger partial charge on any atom is 0 e. The Hall–Kier alpha value is 2.20.